The third-order valence-corrected chi connectivity index (χ3v) is 3.02. The van der Waals surface area contributed by atoms with Gasteiger partial charge in [-0.25, -0.2) is 4.79 Å². The van der Waals surface area contributed by atoms with Crippen molar-refractivity contribution in [3.05, 3.63) is 23.8 Å². The van der Waals surface area contributed by atoms with Gasteiger partial charge in [-0.15, -0.1) is 0 Å². The molecule has 0 unspecified atom stereocenters. The van der Waals surface area contributed by atoms with E-state index in [4.69, 9.17) is 14.6 Å². The number of nitrogens with one attached hydrogen (secondary N) is 1. The number of carbonyl (C=O) groups excluding carboxylic acids is 1. The van der Waals surface area contributed by atoms with E-state index < -0.39 is 12.0 Å². The van der Waals surface area contributed by atoms with Gasteiger partial charge < -0.3 is 19.9 Å². The van der Waals surface area contributed by atoms with Crippen LogP contribution in [0.2, 0.25) is 0 Å². The van der Waals surface area contributed by atoms with Gasteiger partial charge >= 0.3 is 5.97 Å². The van der Waals surface area contributed by atoms with E-state index in [0.717, 1.165) is 5.56 Å². The predicted molar refractivity (Wildman–Crippen MR) is 77.7 cm³/mol. The molecule has 0 aliphatic carbocycles. The van der Waals surface area contributed by atoms with Crippen molar-refractivity contribution in [2.24, 2.45) is 0 Å². The second-order valence-electron chi connectivity index (χ2n) is 4.61. The van der Waals surface area contributed by atoms with Crippen molar-refractivity contribution in [3.63, 3.8) is 0 Å². The maximum atomic E-state index is 11.9. The molecule has 0 heterocycles. The Kier molecular flexibility index (Phi) is 6.52. The molecule has 1 aromatic rings. The summed E-state index contributed by atoms with van der Waals surface area (Å²) < 4.78 is 10.3. The van der Waals surface area contributed by atoms with E-state index in [1.165, 1.54) is 14.2 Å². The van der Waals surface area contributed by atoms with Gasteiger partial charge in [0, 0.05) is 0 Å². The standard InChI is InChI=1S/C15H21NO5/c1-4-5-11(15(18)19)16-14(17)9-10-6-7-12(20-2)13(8-10)21-3/h6-8,11H,4-5,9H2,1-3H3,(H,16,17)(H,18,19)/t11-/m0/s1. The van der Waals surface area contributed by atoms with Crippen LogP contribution in [0.25, 0.3) is 0 Å². The Balaban J connectivity index is 2.72. The quantitative estimate of drug-likeness (QED) is 0.761. The Bertz CT molecular complexity index is 501. The van der Waals surface area contributed by atoms with E-state index >= 15 is 0 Å². The molecular weight excluding hydrogens is 274 g/mol. The summed E-state index contributed by atoms with van der Waals surface area (Å²) in [6.45, 7) is 1.87. The second-order valence-corrected chi connectivity index (χ2v) is 4.61. The first-order valence-electron chi connectivity index (χ1n) is 6.74. The Morgan fingerprint density at radius 1 is 1.24 bits per heavy atom. The topological polar surface area (TPSA) is 84.9 Å². The molecule has 0 bridgehead atoms. The summed E-state index contributed by atoms with van der Waals surface area (Å²) in [6, 6.07) is 4.31. The van der Waals surface area contributed by atoms with E-state index in [-0.39, 0.29) is 12.3 Å². The summed E-state index contributed by atoms with van der Waals surface area (Å²) in [5, 5.41) is 11.5. The molecule has 1 atom stereocenters. The van der Waals surface area contributed by atoms with Crippen LogP contribution in [0.15, 0.2) is 18.2 Å². The lowest BCUT2D eigenvalue weighted by Gasteiger charge is -2.14. The van der Waals surface area contributed by atoms with Crippen LogP contribution in [0, 0.1) is 0 Å². The number of carbonyl (C=O) groups is 2. The van der Waals surface area contributed by atoms with Gasteiger partial charge in [0.1, 0.15) is 6.04 Å². The van der Waals surface area contributed by atoms with Crippen molar-refractivity contribution in [1.82, 2.24) is 5.32 Å². The van der Waals surface area contributed by atoms with Crippen LogP contribution in [0.1, 0.15) is 25.3 Å². The van der Waals surface area contributed by atoms with Crippen molar-refractivity contribution >= 4 is 11.9 Å². The Morgan fingerprint density at radius 3 is 2.43 bits per heavy atom. The minimum absolute atomic E-state index is 0.0911. The number of amides is 1. The summed E-state index contributed by atoms with van der Waals surface area (Å²) in [5.74, 6) is -0.234. The van der Waals surface area contributed by atoms with Crippen LogP contribution < -0.4 is 14.8 Å². The minimum Gasteiger partial charge on any atom is -0.493 e. The number of hydrogen-bond acceptors (Lipinski definition) is 4. The Labute approximate surface area is 124 Å². The van der Waals surface area contributed by atoms with E-state index in [9.17, 15) is 9.59 Å². The number of aliphatic carboxylic acids is 1. The molecule has 0 saturated carbocycles. The van der Waals surface area contributed by atoms with Crippen LogP contribution in [-0.4, -0.2) is 37.2 Å². The molecule has 1 rings (SSSR count). The van der Waals surface area contributed by atoms with E-state index in [0.29, 0.717) is 24.3 Å². The highest BCUT2D eigenvalue weighted by molar-refractivity contribution is 5.84. The van der Waals surface area contributed by atoms with Gasteiger partial charge in [0.25, 0.3) is 0 Å². The maximum absolute atomic E-state index is 11.9. The van der Waals surface area contributed by atoms with Crippen LogP contribution in [0.3, 0.4) is 0 Å². The monoisotopic (exact) mass is 295 g/mol. The summed E-state index contributed by atoms with van der Waals surface area (Å²) in [5.41, 5.74) is 0.728. The molecule has 0 aliphatic heterocycles. The van der Waals surface area contributed by atoms with Gasteiger partial charge in [-0.1, -0.05) is 19.4 Å². The van der Waals surface area contributed by atoms with E-state index in [2.05, 4.69) is 5.32 Å². The molecule has 116 valence electrons. The molecule has 0 saturated heterocycles. The number of carboxylic acids is 1. The molecule has 21 heavy (non-hydrogen) atoms. The maximum Gasteiger partial charge on any atom is 0.326 e. The Hall–Kier alpha value is -2.24. The predicted octanol–water partition coefficient (Wildman–Crippen LogP) is 1.62. The number of methoxy groups -OCH3 is 2. The lowest BCUT2D eigenvalue weighted by atomic mass is 10.1. The van der Waals surface area contributed by atoms with Gasteiger partial charge in [-0.2, -0.15) is 0 Å². The molecule has 0 spiro atoms. The Morgan fingerprint density at radius 2 is 1.90 bits per heavy atom. The molecule has 6 heteroatoms. The van der Waals surface area contributed by atoms with E-state index in [1.54, 1.807) is 18.2 Å². The summed E-state index contributed by atoms with van der Waals surface area (Å²) in [4.78, 5) is 22.9. The number of ether oxygens (including phenoxy) is 2. The van der Waals surface area contributed by atoms with Gasteiger partial charge in [-0.3, -0.25) is 4.79 Å². The fourth-order valence-electron chi connectivity index (χ4n) is 1.97. The third kappa shape index (κ3) is 4.98. The molecule has 0 aromatic heterocycles. The number of hydrogen-bond donors (Lipinski definition) is 2. The number of benzene rings is 1. The SMILES string of the molecule is CCC[C@H](NC(=O)Cc1ccc(OC)c(OC)c1)C(=O)O. The average molecular weight is 295 g/mol. The third-order valence-electron chi connectivity index (χ3n) is 3.02. The molecule has 6 nitrogen and oxygen atoms in total. The first-order valence-corrected chi connectivity index (χ1v) is 6.74. The minimum atomic E-state index is -1.02. The zero-order valence-corrected chi connectivity index (χ0v) is 12.5. The lowest BCUT2D eigenvalue weighted by Crippen LogP contribution is -2.41. The lowest BCUT2D eigenvalue weighted by molar-refractivity contribution is -0.141. The van der Waals surface area contributed by atoms with Crippen LogP contribution in [0.4, 0.5) is 0 Å². The first-order chi connectivity index (χ1) is 10.0. The fraction of sp³-hybridized carbons (Fsp3) is 0.467. The van der Waals surface area contributed by atoms with Crippen molar-refractivity contribution in [1.29, 1.82) is 0 Å². The van der Waals surface area contributed by atoms with Gasteiger partial charge in [0.2, 0.25) is 5.91 Å². The largest absolute Gasteiger partial charge is 0.493 e. The van der Waals surface area contributed by atoms with Crippen molar-refractivity contribution in [2.45, 2.75) is 32.2 Å². The highest BCUT2D eigenvalue weighted by atomic mass is 16.5. The number of rotatable bonds is 8. The average Bonchev–Trinajstić information content (AvgIpc) is 2.46. The van der Waals surface area contributed by atoms with Crippen LogP contribution >= 0.6 is 0 Å². The molecule has 1 aromatic carbocycles. The summed E-state index contributed by atoms with van der Waals surface area (Å²) in [7, 11) is 3.05. The van der Waals surface area contributed by atoms with Crippen molar-refractivity contribution < 1.29 is 24.2 Å². The van der Waals surface area contributed by atoms with Crippen molar-refractivity contribution in [3.8, 4) is 11.5 Å². The molecule has 0 radical (unpaired) electrons. The number of carboxylic acid groups (broad SMARTS) is 1. The normalized spacial score (nSPS) is 11.6. The zero-order valence-electron chi connectivity index (χ0n) is 12.5. The van der Waals surface area contributed by atoms with Gasteiger partial charge in [0.05, 0.1) is 20.6 Å². The van der Waals surface area contributed by atoms with E-state index in [1.807, 2.05) is 6.92 Å². The highest BCUT2D eigenvalue weighted by Crippen LogP contribution is 2.27. The van der Waals surface area contributed by atoms with Crippen molar-refractivity contribution in [2.75, 3.05) is 14.2 Å². The fourth-order valence-corrected chi connectivity index (χ4v) is 1.97. The second kappa shape index (κ2) is 8.14. The molecular formula is C15H21NO5. The summed E-state index contributed by atoms with van der Waals surface area (Å²) in [6.07, 6.45) is 1.19. The van der Waals surface area contributed by atoms with Gasteiger partial charge in [-0.05, 0) is 24.1 Å². The molecule has 0 aliphatic rings. The molecule has 1 amide bonds. The highest BCUT2D eigenvalue weighted by Gasteiger charge is 2.19. The smallest absolute Gasteiger partial charge is 0.326 e. The van der Waals surface area contributed by atoms with Gasteiger partial charge in [0.15, 0.2) is 11.5 Å². The summed E-state index contributed by atoms with van der Waals surface area (Å²) >= 11 is 0. The molecule has 2 N–H and O–H groups in total. The molecule has 0 fully saturated rings. The van der Waals surface area contributed by atoms with Crippen LogP contribution in [0.5, 0.6) is 11.5 Å². The van der Waals surface area contributed by atoms with Crippen LogP contribution in [-0.2, 0) is 16.0 Å². The first kappa shape index (κ1) is 16.8. The zero-order chi connectivity index (χ0) is 15.8.